The first-order valence-corrected chi connectivity index (χ1v) is 7.36. The van der Waals surface area contributed by atoms with Gasteiger partial charge in [-0.1, -0.05) is 19.8 Å². The van der Waals surface area contributed by atoms with E-state index in [0.29, 0.717) is 6.42 Å². The lowest BCUT2D eigenvalue weighted by molar-refractivity contribution is 0.1000. The number of carbonyl (C=O) groups is 1. The number of sulfonamides is 1. The molecule has 0 saturated heterocycles. The first-order chi connectivity index (χ1) is 8.44. The normalized spacial score (nSPS) is 11.2. The number of nitrogens with two attached hydrogens (primary N) is 1. The van der Waals surface area contributed by atoms with E-state index >= 15 is 0 Å². The van der Waals surface area contributed by atoms with E-state index in [4.69, 9.17) is 5.73 Å². The number of rotatable bonds is 7. The SMILES string of the molecule is CCCCCS(=O)(=O)Nc1cc(C(N)=O)ccn1. The third-order valence-corrected chi connectivity index (χ3v) is 3.67. The van der Waals surface area contributed by atoms with Gasteiger partial charge < -0.3 is 5.73 Å². The molecule has 1 rings (SSSR count). The van der Waals surface area contributed by atoms with Crippen LogP contribution in [0.15, 0.2) is 18.3 Å². The molecule has 7 heteroatoms. The van der Waals surface area contributed by atoms with Crippen LogP contribution in [0.4, 0.5) is 5.82 Å². The zero-order valence-electron chi connectivity index (χ0n) is 10.2. The molecule has 0 aliphatic heterocycles. The summed E-state index contributed by atoms with van der Waals surface area (Å²) < 4.78 is 25.7. The Morgan fingerprint density at radius 2 is 2.17 bits per heavy atom. The monoisotopic (exact) mass is 271 g/mol. The van der Waals surface area contributed by atoms with Crippen molar-refractivity contribution in [2.24, 2.45) is 5.73 Å². The number of hydrogen-bond donors (Lipinski definition) is 2. The molecule has 0 spiro atoms. The van der Waals surface area contributed by atoms with Crippen molar-refractivity contribution in [2.75, 3.05) is 10.5 Å². The largest absolute Gasteiger partial charge is 0.366 e. The molecule has 0 unspecified atom stereocenters. The van der Waals surface area contributed by atoms with Crippen molar-refractivity contribution in [3.63, 3.8) is 0 Å². The molecule has 6 nitrogen and oxygen atoms in total. The van der Waals surface area contributed by atoms with Crippen LogP contribution in [-0.4, -0.2) is 25.1 Å². The Kier molecular flexibility index (Phi) is 5.08. The van der Waals surface area contributed by atoms with Crippen LogP contribution in [0, 0.1) is 0 Å². The van der Waals surface area contributed by atoms with Crippen LogP contribution in [0.25, 0.3) is 0 Å². The van der Waals surface area contributed by atoms with Gasteiger partial charge in [-0.05, 0) is 18.6 Å². The maximum atomic E-state index is 11.7. The van der Waals surface area contributed by atoms with Crippen molar-refractivity contribution in [1.29, 1.82) is 0 Å². The third kappa shape index (κ3) is 4.70. The number of hydrogen-bond acceptors (Lipinski definition) is 4. The summed E-state index contributed by atoms with van der Waals surface area (Å²) in [5.41, 5.74) is 5.32. The van der Waals surface area contributed by atoms with Crippen molar-refractivity contribution in [1.82, 2.24) is 4.98 Å². The molecule has 0 saturated carbocycles. The molecule has 1 aromatic rings. The fourth-order valence-corrected chi connectivity index (χ4v) is 2.51. The smallest absolute Gasteiger partial charge is 0.248 e. The fraction of sp³-hybridized carbons (Fsp3) is 0.455. The molecule has 18 heavy (non-hydrogen) atoms. The Labute approximate surface area is 107 Å². The van der Waals surface area contributed by atoms with Gasteiger partial charge in [0.15, 0.2) is 0 Å². The molecular formula is C11H17N3O3S. The number of nitrogens with one attached hydrogen (secondary N) is 1. The highest BCUT2D eigenvalue weighted by Crippen LogP contribution is 2.09. The molecule has 1 amide bonds. The second-order valence-corrected chi connectivity index (χ2v) is 5.76. The molecule has 1 aromatic heterocycles. The Balaban J connectivity index is 2.72. The third-order valence-electron chi connectivity index (χ3n) is 2.32. The lowest BCUT2D eigenvalue weighted by atomic mass is 10.2. The van der Waals surface area contributed by atoms with E-state index in [1.807, 2.05) is 6.92 Å². The van der Waals surface area contributed by atoms with E-state index in [2.05, 4.69) is 9.71 Å². The van der Waals surface area contributed by atoms with E-state index in [0.717, 1.165) is 12.8 Å². The number of aromatic nitrogens is 1. The number of unbranched alkanes of at least 4 members (excludes halogenated alkanes) is 2. The highest BCUT2D eigenvalue weighted by Gasteiger charge is 2.11. The van der Waals surface area contributed by atoms with Crippen molar-refractivity contribution in [2.45, 2.75) is 26.2 Å². The Morgan fingerprint density at radius 1 is 1.44 bits per heavy atom. The van der Waals surface area contributed by atoms with Gasteiger partial charge in [-0.2, -0.15) is 0 Å². The topological polar surface area (TPSA) is 102 Å². The average molecular weight is 271 g/mol. The standard InChI is InChI=1S/C11H17N3O3S/c1-2-3-4-7-18(16,17)14-10-8-9(11(12)15)5-6-13-10/h5-6,8H,2-4,7H2,1H3,(H2,12,15)(H,13,14). The van der Waals surface area contributed by atoms with Crippen LogP contribution in [-0.2, 0) is 10.0 Å². The minimum atomic E-state index is -3.41. The maximum Gasteiger partial charge on any atom is 0.248 e. The predicted molar refractivity (Wildman–Crippen MR) is 69.7 cm³/mol. The number of anilines is 1. The summed E-state index contributed by atoms with van der Waals surface area (Å²) in [6.07, 6.45) is 3.74. The predicted octanol–water partition coefficient (Wildman–Crippen LogP) is 1.11. The number of amides is 1. The van der Waals surface area contributed by atoms with Crippen molar-refractivity contribution in [3.05, 3.63) is 23.9 Å². The number of primary amides is 1. The molecule has 3 N–H and O–H groups in total. The summed E-state index contributed by atoms with van der Waals surface area (Å²) in [5.74, 6) is -0.463. The number of nitrogens with zero attached hydrogens (tertiary/aromatic N) is 1. The molecule has 0 aliphatic rings. The van der Waals surface area contributed by atoms with Crippen molar-refractivity contribution < 1.29 is 13.2 Å². The average Bonchev–Trinajstić information content (AvgIpc) is 2.28. The van der Waals surface area contributed by atoms with Crippen LogP contribution in [0.3, 0.4) is 0 Å². The molecule has 0 atom stereocenters. The van der Waals surface area contributed by atoms with Crippen LogP contribution in [0.5, 0.6) is 0 Å². The molecule has 0 bridgehead atoms. The quantitative estimate of drug-likeness (QED) is 0.725. The van der Waals surface area contributed by atoms with Gasteiger partial charge in [0.05, 0.1) is 5.75 Å². The highest BCUT2D eigenvalue weighted by molar-refractivity contribution is 7.92. The van der Waals surface area contributed by atoms with Crippen molar-refractivity contribution in [3.8, 4) is 0 Å². The number of pyridine rings is 1. The summed E-state index contributed by atoms with van der Waals surface area (Å²) in [4.78, 5) is 14.8. The number of carbonyl (C=O) groups excluding carboxylic acids is 1. The van der Waals surface area contributed by atoms with E-state index in [1.54, 1.807) is 0 Å². The Morgan fingerprint density at radius 3 is 2.78 bits per heavy atom. The van der Waals surface area contributed by atoms with Gasteiger partial charge in [0.1, 0.15) is 5.82 Å². The molecule has 0 aromatic carbocycles. The van der Waals surface area contributed by atoms with Crippen LogP contribution in [0.2, 0.25) is 0 Å². The molecule has 1 heterocycles. The fourth-order valence-electron chi connectivity index (χ4n) is 1.39. The van der Waals surface area contributed by atoms with E-state index < -0.39 is 15.9 Å². The van der Waals surface area contributed by atoms with E-state index in [-0.39, 0.29) is 17.1 Å². The lowest BCUT2D eigenvalue weighted by Gasteiger charge is -2.07. The Bertz CT molecular complexity index is 514. The van der Waals surface area contributed by atoms with Gasteiger partial charge in [-0.15, -0.1) is 0 Å². The second-order valence-electron chi connectivity index (χ2n) is 3.92. The van der Waals surface area contributed by atoms with Gasteiger partial charge in [0.2, 0.25) is 15.9 Å². The van der Waals surface area contributed by atoms with Gasteiger partial charge in [0.25, 0.3) is 0 Å². The van der Waals surface area contributed by atoms with Crippen LogP contribution in [0.1, 0.15) is 36.5 Å². The van der Waals surface area contributed by atoms with Gasteiger partial charge in [-0.3, -0.25) is 9.52 Å². The summed E-state index contributed by atoms with van der Waals surface area (Å²) >= 11 is 0. The summed E-state index contributed by atoms with van der Waals surface area (Å²) in [6.45, 7) is 2.00. The first kappa shape index (κ1) is 14.4. The van der Waals surface area contributed by atoms with Gasteiger partial charge in [0, 0.05) is 11.8 Å². The molecule has 0 aliphatic carbocycles. The summed E-state index contributed by atoms with van der Waals surface area (Å²) in [7, 11) is -3.41. The van der Waals surface area contributed by atoms with Crippen molar-refractivity contribution >= 4 is 21.7 Å². The van der Waals surface area contributed by atoms with Crippen LogP contribution >= 0.6 is 0 Å². The maximum absolute atomic E-state index is 11.7. The zero-order chi connectivity index (χ0) is 13.6. The zero-order valence-corrected chi connectivity index (χ0v) is 11.0. The summed E-state index contributed by atoms with van der Waals surface area (Å²) in [5, 5.41) is 0. The first-order valence-electron chi connectivity index (χ1n) is 5.71. The molecular weight excluding hydrogens is 254 g/mol. The van der Waals surface area contributed by atoms with E-state index in [9.17, 15) is 13.2 Å². The second kappa shape index (κ2) is 6.34. The summed E-state index contributed by atoms with van der Waals surface area (Å²) in [6, 6.07) is 2.75. The highest BCUT2D eigenvalue weighted by atomic mass is 32.2. The molecule has 0 radical (unpaired) electrons. The van der Waals surface area contributed by atoms with Gasteiger partial charge in [-0.25, -0.2) is 13.4 Å². The van der Waals surface area contributed by atoms with E-state index in [1.165, 1.54) is 18.3 Å². The minimum Gasteiger partial charge on any atom is -0.366 e. The molecule has 0 fully saturated rings. The Hall–Kier alpha value is -1.63. The molecule has 100 valence electrons. The lowest BCUT2D eigenvalue weighted by Crippen LogP contribution is -2.18. The van der Waals surface area contributed by atoms with Crippen LogP contribution < -0.4 is 10.5 Å². The minimum absolute atomic E-state index is 0.0450. The van der Waals surface area contributed by atoms with Gasteiger partial charge >= 0.3 is 0 Å².